The van der Waals surface area contributed by atoms with E-state index in [0.29, 0.717) is 0 Å². The number of rotatable bonds is 0. The van der Waals surface area contributed by atoms with E-state index in [2.05, 4.69) is 36.7 Å². The first-order chi connectivity index (χ1) is 3.46. The fourth-order valence-corrected chi connectivity index (χ4v) is 0. The molecular weight excluding hydrogens is 219 g/mol. The molecule has 10 heteroatoms. The van der Waals surface area contributed by atoms with Crippen molar-refractivity contribution in [3.8, 4) is 0 Å². The minimum absolute atomic E-state index is 0. The van der Waals surface area contributed by atoms with Crippen LogP contribution in [0.15, 0.2) is 0 Å². The van der Waals surface area contributed by atoms with Crippen LogP contribution in [0.25, 0.3) is 0 Å². The van der Waals surface area contributed by atoms with Gasteiger partial charge in [0.15, 0.2) is 0 Å². The molecule has 0 aliphatic heterocycles. The van der Waals surface area contributed by atoms with Crippen LogP contribution in [0, 0.1) is 0 Å². The molecule has 0 unspecified atom stereocenters. The van der Waals surface area contributed by atoms with E-state index in [1.807, 2.05) is 0 Å². The van der Waals surface area contributed by atoms with E-state index >= 15 is 0 Å². The Kier molecular flexibility index (Phi) is 97.7. The summed E-state index contributed by atoms with van der Waals surface area (Å²) in [5, 5.41) is -1.28. The minimum atomic E-state index is -0.639. The maximum Gasteiger partial charge on any atom is 1.00 e. The molecule has 0 saturated carbocycles. The van der Waals surface area contributed by atoms with E-state index in [4.69, 9.17) is 9.59 Å². The van der Waals surface area contributed by atoms with Crippen molar-refractivity contribution in [2.24, 2.45) is 11.5 Å². The molecule has 0 spiro atoms. The second-order valence-electron chi connectivity index (χ2n) is 0.676. The number of thiol groups is 2. The Morgan fingerprint density at radius 3 is 0.917 bits per heavy atom. The number of nitrogens with two attached hydrogens (primary N) is 2. The van der Waals surface area contributed by atoms with Gasteiger partial charge in [-0.25, -0.2) is 0 Å². The summed E-state index contributed by atoms with van der Waals surface area (Å²) in [6.07, 6.45) is 0. The molecular formula is C2H13N2NaO5S2. The Hall–Kier alpha value is 0.520. The van der Waals surface area contributed by atoms with Gasteiger partial charge >= 0.3 is 29.6 Å². The van der Waals surface area contributed by atoms with Gasteiger partial charge in [0.25, 0.3) is 10.5 Å². The third kappa shape index (κ3) is 3530. The molecule has 0 aromatic carbocycles. The summed E-state index contributed by atoms with van der Waals surface area (Å²) in [5.74, 6) is 0. The molecule has 0 heterocycles. The predicted molar refractivity (Wildman–Crippen MR) is 49.1 cm³/mol. The van der Waals surface area contributed by atoms with Crippen LogP contribution < -0.4 is 41.0 Å². The predicted octanol–water partition coefficient (Wildman–Crippen LogP) is -5.37. The monoisotopic (exact) mass is 232 g/mol. The maximum atomic E-state index is 9.09. The molecule has 12 heavy (non-hydrogen) atoms. The number of carbonyl (C=O) groups excluding carboxylic acids is 2. The Morgan fingerprint density at radius 2 is 0.917 bits per heavy atom. The van der Waals surface area contributed by atoms with Crippen LogP contribution in [-0.2, 0) is 0 Å². The van der Waals surface area contributed by atoms with Crippen molar-refractivity contribution in [2.45, 2.75) is 0 Å². The fraction of sp³-hybridized carbons (Fsp3) is 0. The van der Waals surface area contributed by atoms with Gasteiger partial charge < -0.3 is 29.3 Å². The van der Waals surface area contributed by atoms with Crippen molar-refractivity contribution in [2.75, 3.05) is 0 Å². The molecule has 74 valence electrons. The van der Waals surface area contributed by atoms with Crippen molar-refractivity contribution >= 4 is 35.7 Å². The second kappa shape index (κ2) is 30.0. The van der Waals surface area contributed by atoms with E-state index in [9.17, 15) is 0 Å². The van der Waals surface area contributed by atoms with Gasteiger partial charge in [0.05, 0.1) is 0 Å². The Balaban J connectivity index is -0.00000000800. The van der Waals surface area contributed by atoms with Crippen LogP contribution in [0.5, 0.6) is 0 Å². The number of carbonyl (C=O) groups is 2. The maximum absolute atomic E-state index is 9.09. The van der Waals surface area contributed by atoms with Crippen LogP contribution >= 0.6 is 25.3 Å². The van der Waals surface area contributed by atoms with Crippen LogP contribution in [0.1, 0.15) is 1.43 Å². The minimum Gasteiger partial charge on any atom is -1.00 e. The van der Waals surface area contributed by atoms with E-state index < -0.39 is 10.5 Å². The molecule has 0 aromatic rings. The molecule has 0 aromatic heterocycles. The summed E-state index contributed by atoms with van der Waals surface area (Å²) < 4.78 is 0. The number of hydrogen-bond donors (Lipinski definition) is 4. The van der Waals surface area contributed by atoms with E-state index in [1.165, 1.54) is 0 Å². The van der Waals surface area contributed by atoms with Crippen LogP contribution in [0.2, 0.25) is 0 Å². The van der Waals surface area contributed by atoms with Crippen molar-refractivity contribution in [1.29, 1.82) is 0 Å². The topological polar surface area (TPSA) is 181 Å². The Labute approximate surface area is 104 Å². The second-order valence-corrected chi connectivity index (χ2v) is 1.56. The van der Waals surface area contributed by atoms with Gasteiger partial charge in [-0.1, -0.05) is 25.3 Å². The first-order valence-electron chi connectivity index (χ1n) is 1.43. The van der Waals surface area contributed by atoms with E-state index in [0.717, 1.165) is 0 Å². The van der Waals surface area contributed by atoms with E-state index in [-0.39, 0.29) is 47.4 Å². The number of amides is 2. The van der Waals surface area contributed by atoms with Crippen LogP contribution in [0.4, 0.5) is 9.59 Å². The van der Waals surface area contributed by atoms with Crippen molar-refractivity contribution in [1.82, 2.24) is 0 Å². The summed E-state index contributed by atoms with van der Waals surface area (Å²) in [6.45, 7) is 0. The Morgan fingerprint density at radius 1 is 0.917 bits per heavy atom. The third-order valence-corrected chi connectivity index (χ3v) is 0. The van der Waals surface area contributed by atoms with Crippen LogP contribution in [-0.4, -0.2) is 26.9 Å². The quantitative estimate of drug-likeness (QED) is 0.240. The van der Waals surface area contributed by atoms with Gasteiger partial charge in [-0.3, -0.25) is 9.59 Å². The van der Waals surface area contributed by atoms with Crippen molar-refractivity contribution in [3.05, 3.63) is 0 Å². The average molecular weight is 232 g/mol. The van der Waals surface area contributed by atoms with Crippen molar-refractivity contribution < 1.29 is 57.0 Å². The third-order valence-electron chi connectivity index (χ3n) is 0. The molecule has 0 aliphatic carbocycles. The molecule has 0 saturated heterocycles. The summed E-state index contributed by atoms with van der Waals surface area (Å²) in [5.41, 5.74) is 8.67. The molecule has 7 nitrogen and oxygen atoms in total. The fourth-order valence-electron chi connectivity index (χ4n) is 0. The van der Waals surface area contributed by atoms with Gasteiger partial charge in [0.1, 0.15) is 0 Å². The molecule has 0 atom stereocenters. The SMILES string of the molecule is NC(=O)S.NC(=O)S.O.O.O.[H-].[Na+]. The zero-order valence-corrected chi connectivity index (χ0v) is 10.2. The molecule has 2 amide bonds. The normalized spacial score (nSPS) is 4.17. The largest absolute Gasteiger partial charge is 1.00 e. The zero-order chi connectivity index (χ0) is 7.15. The molecule has 0 aliphatic rings. The summed E-state index contributed by atoms with van der Waals surface area (Å²) in [7, 11) is 0. The van der Waals surface area contributed by atoms with Gasteiger partial charge in [-0.2, -0.15) is 0 Å². The van der Waals surface area contributed by atoms with E-state index in [1.54, 1.807) is 0 Å². The molecule has 0 radical (unpaired) electrons. The van der Waals surface area contributed by atoms with Gasteiger partial charge in [0, 0.05) is 0 Å². The first-order valence-corrected chi connectivity index (χ1v) is 2.33. The van der Waals surface area contributed by atoms with Gasteiger partial charge in [0.2, 0.25) is 0 Å². The van der Waals surface area contributed by atoms with Crippen molar-refractivity contribution in [3.63, 3.8) is 0 Å². The molecule has 0 fully saturated rings. The zero-order valence-electron chi connectivity index (χ0n) is 7.37. The molecule has 0 bridgehead atoms. The van der Waals surface area contributed by atoms with Crippen LogP contribution in [0.3, 0.4) is 0 Å². The number of primary amides is 2. The molecule has 0 rings (SSSR count). The molecule has 10 N–H and O–H groups in total. The summed E-state index contributed by atoms with van der Waals surface area (Å²) in [4.78, 5) is 18.2. The summed E-state index contributed by atoms with van der Waals surface area (Å²) >= 11 is 6.21. The van der Waals surface area contributed by atoms with Gasteiger partial charge in [-0.05, 0) is 0 Å². The Bertz CT molecular complexity index is 88.5. The average Bonchev–Trinajstić information content (AvgIpc) is 1.25. The summed E-state index contributed by atoms with van der Waals surface area (Å²) in [6, 6.07) is 0. The smallest absolute Gasteiger partial charge is 1.00 e. The number of hydrogen-bond acceptors (Lipinski definition) is 2. The van der Waals surface area contributed by atoms with Gasteiger partial charge in [-0.15, -0.1) is 0 Å². The first kappa shape index (κ1) is 39.1. The standard InChI is InChI=1S/2CH3NOS.Na.3H2O.H/c2*2-1(3)4;;;;;/h2*(H3,2,3,4);;3*1H2;/q;;+1;;;;-1.